The third-order valence-corrected chi connectivity index (χ3v) is 2.73. The van der Waals surface area contributed by atoms with Gasteiger partial charge < -0.3 is 14.5 Å². The van der Waals surface area contributed by atoms with Crippen LogP contribution >= 0.6 is 0 Å². The van der Waals surface area contributed by atoms with E-state index in [0.29, 0.717) is 25.7 Å². The molecule has 0 aliphatic rings. The molecule has 0 bridgehead atoms. The number of nitrogens with one attached hydrogen (secondary N) is 1. The van der Waals surface area contributed by atoms with Crippen LogP contribution in [0, 0.1) is 5.92 Å². The van der Waals surface area contributed by atoms with E-state index in [1.54, 1.807) is 10.9 Å². The topological polar surface area (TPSA) is 65.1 Å². The van der Waals surface area contributed by atoms with Crippen molar-refractivity contribution in [2.24, 2.45) is 5.92 Å². The maximum absolute atomic E-state index is 5.51. The summed E-state index contributed by atoms with van der Waals surface area (Å²) in [6.45, 7) is 7.87. The first-order chi connectivity index (χ1) is 9.74. The van der Waals surface area contributed by atoms with Crippen molar-refractivity contribution >= 4 is 0 Å². The first-order valence-corrected chi connectivity index (χ1v) is 6.94. The van der Waals surface area contributed by atoms with Crippen LogP contribution in [0.4, 0.5) is 0 Å². The summed E-state index contributed by atoms with van der Waals surface area (Å²) >= 11 is 0. The van der Waals surface area contributed by atoms with E-state index in [1.807, 2.05) is 18.3 Å². The largest absolute Gasteiger partial charge is 0.467 e. The Morgan fingerprint density at radius 2 is 2.35 bits per heavy atom. The molecular weight excluding hydrogens is 256 g/mol. The van der Waals surface area contributed by atoms with E-state index in [1.165, 1.54) is 0 Å². The van der Waals surface area contributed by atoms with E-state index in [4.69, 9.17) is 9.15 Å². The van der Waals surface area contributed by atoms with Gasteiger partial charge in [-0.2, -0.15) is 0 Å². The minimum atomic E-state index is 0.491. The standard InChI is InChI=1S/C14H22N4O2/c1-12(2)8-15-9-13-10-18(17-16-13)5-7-19-11-14-4-3-6-20-14/h3-4,6,10,12,15H,5,7-9,11H2,1-2H3. The summed E-state index contributed by atoms with van der Waals surface area (Å²) < 4.78 is 12.5. The molecule has 0 atom stereocenters. The molecule has 0 aromatic carbocycles. The molecule has 6 nitrogen and oxygen atoms in total. The summed E-state index contributed by atoms with van der Waals surface area (Å²) in [4.78, 5) is 0. The van der Waals surface area contributed by atoms with Gasteiger partial charge in [0, 0.05) is 12.7 Å². The van der Waals surface area contributed by atoms with Crippen LogP contribution in [0.15, 0.2) is 29.0 Å². The highest BCUT2D eigenvalue weighted by Gasteiger charge is 2.02. The zero-order valence-corrected chi connectivity index (χ0v) is 12.1. The molecule has 2 rings (SSSR count). The van der Waals surface area contributed by atoms with Gasteiger partial charge in [-0.1, -0.05) is 19.1 Å². The SMILES string of the molecule is CC(C)CNCc1cn(CCOCc2ccco2)nn1. The van der Waals surface area contributed by atoms with E-state index in [-0.39, 0.29) is 0 Å². The van der Waals surface area contributed by atoms with Gasteiger partial charge in [0.15, 0.2) is 0 Å². The monoisotopic (exact) mass is 278 g/mol. The van der Waals surface area contributed by atoms with Gasteiger partial charge in [0.05, 0.1) is 25.1 Å². The fraction of sp³-hybridized carbons (Fsp3) is 0.571. The van der Waals surface area contributed by atoms with Gasteiger partial charge in [-0.25, -0.2) is 4.68 Å². The van der Waals surface area contributed by atoms with Gasteiger partial charge in [-0.15, -0.1) is 5.10 Å². The molecule has 0 amide bonds. The van der Waals surface area contributed by atoms with Crippen LogP contribution in [0.2, 0.25) is 0 Å². The van der Waals surface area contributed by atoms with Gasteiger partial charge in [0.1, 0.15) is 12.4 Å². The first kappa shape index (κ1) is 14.7. The lowest BCUT2D eigenvalue weighted by molar-refractivity contribution is 0.0967. The summed E-state index contributed by atoms with van der Waals surface area (Å²) in [6.07, 6.45) is 3.59. The van der Waals surface area contributed by atoms with E-state index >= 15 is 0 Å². The molecule has 0 aliphatic carbocycles. The van der Waals surface area contributed by atoms with Gasteiger partial charge in [-0.05, 0) is 24.6 Å². The second-order valence-corrected chi connectivity index (χ2v) is 5.13. The minimum absolute atomic E-state index is 0.491. The molecule has 110 valence electrons. The predicted molar refractivity (Wildman–Crippen MR) is 74.9 cm³/mol. The van der Waals surface area contributed by atoms with Crippen LogP contribution in [0.5, 0.6) is 0 Å². The molecule has 0 radical (unpaired) electrons. The summed E-state index contributed by atoms with van der Waals surface area (Å²) in [6, 6.07) is 3.75. The van der Waals surface area contributed by atoms with Crippen molar-refractivity contribution in [3.8, 4) is 0 Å². The van der Waals surface area contributed by atoms with Gasteiger partial charge in [0.2, 0.25) is 0 Å². The molecule has 0 spiro atoms. The van der Waals surface area contributed by atoms with Crippen LogP contribution < -0.4 is 5.32 Å². The van der Waals surface area contributed by atoms with Gasteiger partial charge >= 0.3 is 0 Å². The smallest absolute Gasteiger partial charge is 0.129 e. The number of aromatic nitrogens is 3. The minimum Gasteiger partial charge on any atom is -0.467 e. The van der Waals surface area contributed by atoms with Crippen LogP contribution in [0.25, 0.3) is 0 Å². The Hall–Kier alpha value is -1.66. The van der Waals surface area contributed by atoms with Crippen LogP contribution in [0.1, 0.15) is 25.3 Å². The van der Waals surface area contributed by atoms with E-state index in [0.717, 1.165) is 24.5 Å². The van der Waals surface area contributed by atoms with Crippen molar-refractivity contribution in [1.82, 2.24) is 20.3 Å². The number of hydrogen-bond donors (Lipinski definition) is 1. The van der Waals surface area contributed by atoms with Crippen molar-refractivity contribution in [3.05, 3.63) is 36.0 Å². The number of rotatable bonds is 9. The molecule has 0 aliphatic heterocycles. The highest BCUT2D eigenvalue weighted by atomic mass is 16.5. The van der Waals surface area contributed by atoms with Gasteiger partial charge in [-0.3, -0.25) is 0 Å². The van der Waals surface area contributed by atoms with Crippen molar-refractivity contribution in [2.75, 3.05) is 13.2 Å². The number of hydrogen-bond acceptors (Lipinski definition) is 5. The average Bonchev–Trinajstić information content (AvgIpc) is 3.05. The Kier molecular flexibility index (Phi) is 5.76. The van der Waals surface area contributed by atoms with Crippen molar-refractivity contribution in [1.29, 1.82) is 0 Å². The maximum Gasteiger partial charge on any atom is 0.129 e. The Morgan fingerprint density at radius 3 is 3.10 bits per heavy atom. The molecule has 2 heterocycles. The summed E-state index contributed by atoms with van der Waals surface area (Å²) in [7, 11) is 0. The second kappa shape index (κ2) is 7.81. The van der Waals surface area contributed by atoms with E-state index in [2.05, 4.69) is 29.5 Å². The van der Waals surface area contributed by atoms with E-state index in [9.17, 15) is 0 Å². The Morgan fingerprint density at radius 1 is 1.45 bits per heavy atom. The third-order valence-electron chi connectivity index (χ3n) is 2.73. The highest BCUT2D eigenvalue weighted by Crippen LogP contribution is 2.01. The summed E-state index contributed by atoms with van der Waals surface area (Å²) in [5.41, 5.74) is 0.955. The zero-order chi connectivity index (χ0) is 14.2. The Labute approximate surface area is 119 Å². The molecule has 2 aromatic rings. The number of nitrogens with zero attached hydrogens (tertiary/aromatic N) is 3. The molecule has 2 aromatic heterocycles. The summed E-state index contributed by atoms with van der Waals surface area (Å²) in [5, 5.41) is 11.5. The molecule has 0 saturated heterocycles. The highest BCUT2D eigenvalue weighted by molar-refractivity contribution is 4.96. The van der Waals surface area contributed by atoms with Crippen molar-refractivity contribution < 1.29 is 9.15 Å². The van der Waals surface area contributed by atoms with Crippen LogP contribution in [0.3, 0.4) is 0 Å². The molecule has 0 saturated carbocycles. The fourth-order valence-electron chi connectivity index (χ4n) is 1.74. The second-order valence-electron chi connectivity index (χ2n) is 5.13. The van der Waals surface area contributed by atoms with Crippen molar-refractivity contribution in [2.45, 2.75) is 33.5 Å². The van der Waals surface area contributed by atoms with E-state index < -0.39 is 0 Å². The molecule has 20 heavy (non-hydrogen) atoms. The molecule has 0 unspecified atom stereocenters. The van der Waals surface area contributed by atoms with Crippen LogP contribution in [-0.2, 0) is 24.4 Å². The zero-order valence-electron chi connectivity index (χ0n) is 12.1. The Balaban J connectivity index is 1.62. The quantitative estimate of drug-likeness (QED) is 0.709. The third kappa shape index (κ3) is 5.14. The number of furan rings is 1. The fourth-order valence-corrected chi connectivity index (χ4v) is 1.74. The average molecular weight is 278 g/mol. The lowest BCUT2D eigenvalue weighted by Crippen LogP contribution is -2.19. The molecule has 6 heteroatoms. The van der Waals surface area contributed by atoms with Crippen LogP contribution in [-0.4, -0.2) is 28.1 Å². The first-order valence-electron chi connectivity index (χ1n) is 6.94. The molecular formula is C14H22N4O2. The molecule has 1 N–H and O–H groups in total. The van der Waals surface area contributed by atoms with Crippen molar-refractivity contribution in [3.63, 3.8) is 0 Å². The lowest BCUT2D eigenvalue weighted by atomic mass is 10.2. The normalized spacial score (nSPS) is 11.3. The number of ether oxygens (including phenoxy) is 1. The lowest BCUT2D eigenvalue weighted by Gasteiger charge is -2.04. The molecule has 0 fully saturated rings. The Bertz CT molecular complexity index is 479. The van der Waals surface area contributed by atoms with Gasteiger partial charge in [0.25, 0.3) is 0 Å². The summed E-state index contributed by atoms with van der Waals surface area (Å²) in [5.74, 6) is 1.47. The maximum atomic E-state index is 5.51. The predicted octanol–water partition coefficient (Wildman–Crippen LogP) is 1.83.